The monoisotopic (exact) mass is 638 g/mol. The van der Waals surface area contributed by atoms with Gasteiger partial charge in [0, 0.05) is 12.2 Å². The van der Waals surface area contributed by atoms with E-state index in [-0.39, 0.29) is 38.2 Å². The molecule has 14 heteroatoms. The predicted molar refractivity (Wildman–Crippen MR) is 150 cm³/mol. The number of aromatic nitrogens is 2. The van der Waals surface area contributed by atoms with E-state index in [9.17, 15) is 36.6 Å². The Balaban J connectivity index is 1.22. The van der Waals surface area contributed by atoms with Gasteiger partial charge >= 0.3 is 12.4 Å². The fraction of sp³-hybridized carbons (Fsp3) is 0.290. The van der Waals surface area contributed by atoms with E-state index in [1.54, 1.807) is 12.2 Å². The number of ether oxygens (including phenoxy) is 2. The van der Waals surface area contributed by atoms with Crippen molar-refractivity contribution in [1.29, 1.82) is 0 Å². The van der Waals surface area contributed by atoms with Gasteiger partial charge in [-0.05, 0) is 47.5 Å². The van der Waals surface area contributed by atoms with E-state index >= 15 is 0 Å². The van der Waals surface area contributed by atoms with Crippen LogP contribution in [0.1, 0.15) is 45.4 Å². The number of aliphatic hydroxyl groups excluding tert-OH is 2. The summed E-state index contributed by atoms with van der Waals surface area (Å²) in [6.45, 7) is -1.13. The summed E-state index contributed by atoms with van der Waals surface area (Å²) in [4.78, 5) is 8.44. The molecule has 4 rings (SSSR count). The first kappa shape index (κ1) is 33.6. The maximum atomic E-state index is 12.7. The van der Waals surface area contributed by atoms with Crippen LogP contribution in [0.5, 0.6) is 0 Å². The molecule has 0 spiro atoms. The maximum Gasteiger partial charge on any atom is 0.416 e. The number of hydrogen-bond donors (Lipinski definition) is 2. The first-order valence-electron chi connectivity index (χ1n) is 13.4. The first-order valence-corrected chi connectivity index (χ1v) is 13.4. The number of halogens is 6. The Hall–Kier alpha value is -4.24. The van der Waals surface area contributed by atoms with Crippen LogP contribution < -0.4 is 0 Å². The Bertz CT molecular complexity index is 1440. The molecule has 0 radical (unpaired) electrons. The minimum atomic E-state index is -4.42. The van der Waals surface area contributed by atoms with Gasteiger partial charge in [0.05, 0.1) is 56.2 Å². The van der Waals surface area contributed by atoms with E-state index in [2.05, 4.69) is 9.97 Å². The lowest BCUT2D eigenvalue weighted by molar-refractivity contribution is -0.138. The van der Waals surface area contributed by atoms with Crippen molar-refractivity contribution >= 4 is 24.3 Å². The number of nitrogens with zero attached hydrogens (tertiary/aromatic N) is 2. The number of hydrogen-bond acceptors (Lipinski definition) is 8. The Kier molecular flexibility index (Phi) is 11.0. The Morgan fingerprint density at radius 2 is 0.978 bits per heavy atom. The lowest BCUT2D eigenvalue weighted by Crippen LogP contribution is -2.39. The lowest BCUT2D eigenvalue weighted by Gasteiger charge is -2.28. The molecule has 0 atom stereocenters. The Morgan fingerprint density at radius 3 is 1.31 bits per heavy atom. The van der Waals surface area contributed by atoms with Crippen molar-refractivity contribution in [3.05, 3.63) is 106 Å². The molecule has 2 heterocycles. The van der Waals surface area contributed by atoms with Gasteiger partial charge in [0.15, 0.2) is 0 Å². The molecule has 0 fully saturated rings. The molecule has 0 aliphatic heterocycles. The number of rotatable bonds is 14. The normalized spacial score (nSPS) is 13.0. The number of benzene rings is 2. The molecule has 0 aliphatic rings. The highest BCUT2D eigenvalue weighted by Crippen LogP contribution is 2.30. The summed E-state index contributed by atoms with van der Waals surface area (Å²) in [6.07, 6.45) is -0.0720. The molecule has 0 saturated heterocycles. The van der Waals surface area contributed by atoms with Crippen LogP contribution in [0.2, 0.25) is 0 Å². The fourth-order valence-electron chi connectivity index (χ4n) is 3.85. The second-order valence-corrected chi connectivity index (χ2v) is 10.1. The van der Waals surface area contributed by atoms with Crippen LogP contribution in [-0.2, 0) is 35.0 Å². The standard InChI is InChI=1S/C31H28F6N2O6/c32-30(33,34)23-7-1-21(2-8-23)5-11-27-38-25(15-44-27)13-42-19-29(17-40,18-41)20-43-14-26-16-45-28(39-26)12-6-22-3-9-24(10-4-22)31(35,36)37/h1-12,15-16,40-41H,13-14,17-20H2/b11-5+,12-6+. The number of aliphatic hydroxyl groups is 2. The second kappa shape index (κ2) is 14.7. The van der Waals surface area contributed by atoms with Crippen molar-refractivity contribution in [3.63, 3.8) is 0 Å². The van der Waals surface area contributed by atoms with Gasteiger partial charge in [-0.25, -0.2) is 9.97 Å². The molecule has 45 heavy (non-hydrogen) atoms. The van der Waals surface area contributed by atoms with Gasteiger partial charge in [-0.2, -0.15) is 26.3 Å². The highest BCUT2D eigenvalue weighted by atomic mass is 19.4. The average Bonchev–Trinajstić information content (AvgIpc) is 3.67. The van der Waals surface area contributed by atoms with Gasteiger partial charge in [-0.3, -0.25) is 0 Å². The van der Waals surface area contributed by atoms with Crippen molar-refractivity contribution in [2.24, 2.45) is 5.41 Å². The highest BCUT2D eigenvalue weighted by molar-refractivity contribution is 5.66. The van der Waals surface area contributed by atoms with Gasteiger partial charge < -0.3 is 28.5 Å². The number of alkyl halides is 6. The van der Waals surface area contributed by atoms with E-state index in [1.165, 1.54) is 48.9 Å². The SMILES string of the molecule is OCC(CO)(COCc1coc(/C=C/c2ccc(C(F)(F)F)cc2)n1)COCc1coc(/C=C/c2ccc(C(F)(F)F)cc2)n1. The van der Waals surface area contributed by atoms with E-state index in [4.69, 9.17) is 18.3 Å². The molecule has 0 saturated carbocycles. The van der Waals surface area contributed by atoms with Crippen LogP contribution in [0.3, 0.4) is 0 Å². The molecule has 2 aromatic carbocycles. The van der Waals surface area contributed by atoms with E-state index < -0.39 is 42.1 Å². The minimum Gasteiger partial charge on any atom is -0.445 e. The minimum absolute atomic E-state index is 0.0166. The first-order chi connectivity index (χ1) is 21.4. The summed E-state index contributed by atoms with van der Waals surface area (Å²) in [5, 5.41) is 19.9. The van der Waals surface area contributed by atoms with Crippen LogP contribution >= 0.6 is 0 Å². The van der Waals surface area contributed by atoms with Crippen LogP contribution in [0.4, 0.5) is 26.3 Å². The number of oxazole rings is 2. The zero-order valence-electron chi connectivity index (χ0n) is 23.5. The van der Waals surface area contributed by atoms with Crippen LogP contribution in [0, 0.1) is 5.41 Å². The van der Waals surface area contributed by atoms with Crippen LogP contribution in [0.25, 0.3) is 24.3 Å². The fourth-order valence-corrected chi connectivity index (χ4v) is 3.85. The van der Waals surface area contributed by atoms with Crippen molar-refractivity contribution in [3.8, 4) is 0 Å². The molecule has 4 aromatic rings. The van der Waals surface area contributed by atoms with Gasteiger partial charge in [0.1, 0.15) is 23.9 Å². The quantitative estimate of drug-likeness (QED) is 0.146. The molecule has 2 aromatic heterocycles. The molecular weight excluding hydrogens is 610 g/mol. The molecule has 240 valence electrons. The van der Waals surface area contributed by atoms with Crippen molar-refractivity contribution < 1.29 is 54.9 Å². The van der Waals surface area contributed by atoms with E-state index in [1.807, 2.05) is 0 Å². The third-order valence-electron chi connectivity index (χ3n) is 6.44. The van der Waals surface area contributed by atoms with Crippen molar-refractivity contribution in [2.75, 3.05) is 26.4 Å². The molecule has 0 bridgehead atoms. The molecule has 2 N–H and O–H groups in total. The summed E-state index contributed by atoms with van der Waals surface area (Å²) in [5.74, 6) is 0.405. The summed E-state index contributed by atoms with van der Waals surface area (Å²) in [6, 6.07) is 9.19. The van der Waals surface area contributed by atoms with Crippen molar-refractivity contribution in [1.82, 2.24) is 9.97 Å². The van der Waals surface area contributed by atoms with Crippen LogP contribution in [-0.4, -0.2) is 46.6 Å². The van der Waals surface area contributed by atoms with E-state index in [0.29, 0.717) is 22.5 Å². The third kappa shape index (κ3) is 9.88. The smallest absolute Gasteiger partial charge is 0.416 e. The Morgan fingerprint density at radius 1 is 0.600 bits per heavy atom. The van der Waals surface area contributed by atoms with Crippen molar-refractivity contribution in [2.45, 2.75) is 25.6 Å². The Labute approximate surface area is 253 Å². The van der Waals surface area contributed by atoms with Gasteiger partial charge in [-0.15, -0.1) is 0 Å². The van der Waals surface area contributed by atoms with Gasteiger partial charge in [0.2, 0.25) is 11.8 Å². The van der Waals surface area contributed by atoms with Gasteiger partial charge in [0.25, 0.3) is 0 Å². The molecule has 0 unspecified atom stereocenters. The van der Waals surface area contributed by atoms with Gasteiger partial charge in [-0.1, -0.05) is 24.3 Å². The highest BCUT2D eigenvalue weighted by Gasteiger charge is 2.31. The maximum absolute atomic E-state index is 12.7. The second-order valence-electron chi connectivity index (χ2n) is 10.1. The molecule has 0 amide bonds. The van der Waals surface area contributed by atoms with Crippen LogP contribution in [0.15, 0.2) is 69.9 Å². The predicted octanol–water partition coefficient (Wildman–Crippen LogP) is 6.75. The summed E-state index contributed by atoms with van der Waals surface area (Å²) < 4.78 is 98.2. The van der Waals surface area contributed by atoms with E-state index in [0.717, 1.165) is 24.3 Å². The topological polar surface area (TPSA) is 111 Å². The summed E-state index contributed by atoms with van der Waals surface area (Å²) in [7, 11) is 0. The zero-order chi connectivity index (χ0) is 32.5. The third-order valence-corrected chi connectivity index (χ3v) is 6.44. The average molecular weight is 639 g/mol. The zero-order valence-corrected chi connectivity index (χ0v) is 23.5. The molecule has 0 aliphatic carbocycles. The molecular formula is C31H28F6N2O6. The largest absolute Gasteiger partial charge is 0.445 e. The lowest BCUT2D eigenvalue weighted by atomic mass is 9.92. The summed E-state index contributed by atoms with van der Waals surface area (Å²) in [5.41, 5.74) is -0.791. The molecule has 8 nitrogen and oxygen atoms in total. The summed E-state index contributed by atoms with van der Waals surface area (Å²) >= 11 is 0.